The van der Waals surface area contributed by atoms with Crippen molar-refractivity contribution in [2.24, 2.45) is 10.2 Å². The first-order valence-electron chi connectivity index (χ1n) is 8.50. The largest absolute Gasteiger partial charge is 0.383 e. The fourth-order valence-corrected chi connectivity index (χ4v) is 2.84. The molecule has 0 radical (unpaired) electrons. The molecule has 27 heavy (non-hydrogen) atoms. The van der Waals surface area contributed by atoms with Crippen LogP contribution in [0.5, 0.6) is 0 Å². The zero-order valence-electron chi connectivity index (χ0n) is 15.5. The average Bonchev–Trinajstić information content (AvgIpc) is 2.61. The molecule has 0 atom stereocenters. The van der Waals surface area contributed by atoms with Gasteiger partial charge in [0.15, 0.2) is 5.82 Å². The summed E-state index contributed by atoms with van der Waals surface area (Å²) in [6, 6.07) is 17.7. The lowest BCUT2D eigenvalue weighted by atomic mass is 10.1. The van der Waals surface area contributed by atoms with E-state index in [9.17, 15) is 5.26 Å². The minimum Gasteiger partial charge on any atom is -0.383 e. The smallest absolute Gasteiger partial charge is 0.161 e. The second kappa shape index (κ2) is 7.67. The summed E-state index contributed by atoms with van der Waals surface area (Å²) in [4.78, 5) is 4.34. The summed E-state index contributed by atoms with van der Waals surface area (Å²) in [7, 11) is 0. The second-order valence-electron chi connectivity index (χ2n) is 6.34. The van der Waals surface area contributed by atoms with Crippen molar-refractivity contribution in [1.82, 2.24) is 4.98 Å². The van der Waals surface area contributed by atoms with Gasteiger partial charge in [-0.3, -0.25) is 0 Å². The molecule has 2 aromatic carbocycles. The van der Waals surface area contributed by atoms with Gasteiger partial charge < -0.3 is 11.1 Å². The SMILES string of the molecule is Cc1cc(C)cc(/N=N/c2c(Nc3ccccc3)nc(N)c(C#N)c2C)c1. The zero-order chi connectivity index (χ0) is 19.4. The van der Waals surface area contributed by atoms with Crippen molar-refractivity contribution in [3.8, 4) is 6.07 Å². The van der Waals surface area contributed by atoms with Gasteiger partial charge in [0.2, 0.25) is 0 Å². The summed E-state index contributed by atoms with van der Waals surface area (Å²) in [5, 5.41) is 21.4. The highest BCUT2D eigenvalue weighted by Crippen LogP contribution is 2.35. The summed E-state index contributed by atoms with van der Waals surface area (Å²) in [5.74, 6) is 0.627. The maximum Gasteiger partial charge on any atom is 0.161 e. The number of hydrogen-bond donors (Lipinski definition) is 2. The fourth-order valence-electron chi connectivity index (χ4n) is 2.84. The van der Waals surface area contributed by atoms with Gasteiger partial charge in [-0.2, -0.15) is 10.4 Å². The highest BCUT2D eigenvalue weighted by molar-refractivity contribution is 5.76. The third kappa shape index (κ3) is 4.10. The molecule has 1 heterocycles. The lowest BCUT2D eigenvalue weighted by Crippen LogP contribution is -2.03. The molecule has 0 saturated heterocycles. The van der Waals surface area contributed by atoms with Crippen LogP contribution in [0.15, 0.2) is 58.8 Å². The molecule has 3 aromatic rings. The van der Waals surface area contributed by atoms with E-state index in [-0.39, 0.29) is 5.82 Å². The van der Waals surface area contributed by atoms with Crippen molar-refractivity contribution < 1.29 is 0 Å². The number of nitrogen functional groups attached to an aromatic ring is 1. The van der Waals surface area contributed by atoms with E-state index in [0.717, 1.165) is 22.5 Å². The van der Waals surface area contributed by atoms with E-state index in [2.05, 4.69) is 32.7 Å². The molecule has 3 rings (SSSR count). The topological polar surface area (TPSA) is 99.4 Å². The van der Waals surface area contributed by atoms with E-state index in [1.165, 1.54) is 0 Å². The molecule has 3 N–H and O–H groups in total. The number of pyridine rings is 1. The molecular formula is C21H20N6. The van der Waals surface area contributed by atoms with Crippen LogP contribution in [0.1, 0.15) is 22.3 Å². The number of hydrogen-bond acceptors (Lipinski definition) is 6. The number of nitriles is 1. The van der Waals surface area contributed by atoms with Crippen LogP contribution in [0.4, 0.5) is 28.7 Å². The Bertz CT molecular complexity index is 1030. The Labute approximate surface area is 158 Å². The average molecular weight is 356 g/mol. The first-order chi connectivity index (χ1) is 13.0. The van der Waals surface area contributed by atoms with Crippen LogP contribution in [0.3, 0.4) is 0 Å². The van der Waals surface area contributed by atoms with Crippen LogP contribution in [0.25, 0.3) is 0 Å². The minimum absolute atomic E-state index is 0.166. The van der Waals surface area contributed by atoms with Gasteiger partial charge in [0.1, 0.15) is 17.6 Å². The summed E-state index contributed by atoms with van der Waals surface area (Å²) in [5.41, 5.74) is 11.2. The van der Waals surface area contributed by atoms with Gasteiger partial charge in [0.25, 0.3) is 0 Å². The van der Waals surface area contributed by atoms with Crippen LogP contribution in [-0.2, 0) is 0 Å². The summed E-state index contributed by atoms with van der Waals surface area (Å²) < 4.78 is 0. The lowest BCUT2D eigenvalue weighted by molar-refractivity contribution is 1.16. The van der Waals surface area contributed by atoms with Gasteiger partial charge in [-0.1, -0.05) is 24.3 Å². The van der Waals surface area contributed by atoms with Crippen LogP contribution >= 0.6 is 0 Å². The highest BCUT2D eigenvalue weighted by Gasteiger charge is 2.16. The number of rotatable bonds is 4. The second-order valence-corrected chi connectivity index (χ2v) is 6.34. The molecule has 134 valence electrons. The Balaban J connectivity index is 2.08. The van der Waals surface area contributed by atoms with Crippen LogP contribution in [0, 0.1) is 32.1 Å². The summed E-state index contributed by atoms with van der Waals surface area (Å²) in [6.45, 7) is 5.82. The predicted octanol–water partition coefficient (Wildman–Crippen LogP) is 5.62. The van der Waals surface area contributed by atoms with Gasteiger partial charge >= 0.3 is 0 Å². The van der Waals surface area contributed by atoms with E-state index in [4.69, 9.17) is 5.73 Å². The maximum atomic E-state index is 9.40. The molecule has 6 nitrogen and oxygen atoms in total. The molecular weight excluding hydrogens is 336 g/mol. The molecule has 0 amide bonds. The number of nitrogens with zero attached hydrogens (tertiary/aromatic N) is 4. The number of nitrogens with one attached hydrogen (secondary N) is 1. The van der Waals surface area contributed by atoms with E-state index < -0.39 is 0 Å². The van der Waals surface area contributed by atoms with Crippen molar-refractivity contribution >= 4 is 28.7 Å². The third-order valence-electron chi connectivity index (χ3n) is 4.06. The number of benzene rings is 2. The molecule has 0 fully saturated rings. The molecule has 0 saturated carbocycles. The van der Waals surface area contributed by atoms with Crippen molar-refractivity contribution in [3.63, 3.8) is 0 Å². The first-order valence-corrected chi connectivity index (χ1v) is 8.50. The highest BCUT2D eigenvalue weighted by atomic mass is 15.1. The first kappa shape index (κ1) is 18.1. The summed E-state index contributed by atoms with van der Waals surface area (Å²) >= 11 is 0. The van der Waals surface area contributed by atoms with Crippen LogP contribution in [0.2, 0.25) is 0 Å². The van der Waals surface area contributed by atoms with Gasteiger partial charge in [-0.05, 0) is 56.2 Å². The number of aromatic nitrogens is 1. The van der Waals surface area contributed by atoms with Crippen molar-refractivity contribution in [3.05, 3.63) is 70.8 Å². The Kier molecular flexibility index (Phi) is 5.13. The van der Waals surface area contributed by atoms with Gasteiger partial charge in [-0.15, -0.1) is 5.11 Å². The number of azo groups is 1. The molecule has 0 aliphatic carbocycles. The van der Waals surface area contributed by atoms with E-state index >= 15 is 0 Å². The fraction of sp³-hybridized carbons (Fsp3) is 0.143. The molecule has 0 aliphatic heterocycles. The Morgan fingerprint density at radius 1 is 1.00 bits per heavy atom. The monoisotopic (exact) mass is 356 g/mol. The van der Waals surface area contributed by atoms with E-state index in [1.54, 1.807) is 6.92 Å². The molecule has 6 heteroatoms. The molecule has 0 unspecified atom stereocenters. The zero-order valence-corrected chi connectivity index (χ0v) is 15.5. The molecule has 0 spiro atoms. The standard InChI is InChI=1S/C21H20N6/c1-13-9-14(2)11-17(10-13)26-27-19-15(3)18(12-22)20(23)25-21(19)24-16-7-5-4-6-8-16/h4-11H,1-3H3,(H3,23,24,25)/b27-26+. The van der Waals surface area contributed by atoms with Crippen molar-refractivity contribution in [2.45, 2.75) is 20.8 Å². The van der Waals surface area contributed by atoms with Gasteiger partial charge in [0, 0.05) is 11.3 Å². The summed E-state index contributed by atoms with van der Waals surface area (Å²) in [6.07, 6.45) is 0. The Hall–Kier alpha value is -3.72. The molecule has 1 aromatic heterocycles. The normalized spacial score (nSPS) is 10.7. The van der Waals surface area contributed by atoms with E-state index in [0.29, 0.717) is 22.6 Å². The quantitative estimate of drug-likeness (QED) is 0.592. The van der Waals surface area contributed by atoms with Crippen molar-refractivity contribution in [2.75, 3.05) is 11.1 Å². The third-order valence-corrected chi connectivity index (χ3v) is 4.06. The van der Waals surface area contributed by atoms with Crippen LogP contribution in [-0.4, -0.2) is 4.98 Å². The van der Waals surface area contributed by atoms with Gasteiger partial charge in [0.05, 0.1) is 11.3 Å². The minimum atomic E-state index is 0.166. The Morgan fingerprint density at radius 2 is 1.67 bits per heavy atom. The number of aryl methyl sites for hydroxylation is 2. The number of anilines is 3. The maximum absolute atomic E-state index is 9.40. The lowest BCUT2D eigenvalue weighted by Gasteiger charge is -2.12. The molecule has 0 bridgehead atoms. The number of para-hydroxylation sites is 1. The van der Waals surface area contributed by atoms with Crippen LogP contribution < -0.4 is 11.1 Å². The van der Waals surface area contributed by atoms with E-state index in [1.807, 2.05) is 56.3 Å². The molecule has 0 aliphatic rings. The predicted molar refractivity (Wildman–Crippen MR) is 108 cm³/mol. The number of nitrogens with two attached hydrogens (primary N) is 1. The van der Waals surface area contributed by atoms with Gasteiger partial charge in [-0.25, -0.2) is 4.98 Å². The van der Waals surface area contributed by atoms with Crippen molar-refractivity contribution in [1.29, 1.82) is 5.26 Å². The Morgan fingerprint density at radius 3 is 2.30 bits per heavy atom.